The highest BCUT2D eigenvalue weighted by atomic mass is 32.2. The molecular weight excluding hydrogens is 342 g/mol. The Morgan fingerprint density at radius 1 is 1.20 bits per heavy atom. The van der Waals surface area contributed by atoms with Gasteiger partial charge in [0.2, 0.25) is 0 Å². The van der Waals surface area contributed by atoms with E-state index >= 15 is 0 Å². The molecule has 0 atom stereocenters. The minimum Gasteiger partial charge on any atom is -0.451 e. The largest absolute Gasteiger partial charge is 0.451 e. The predicted octanol–water partition coefficient (Wildman–Crippen LogP) is 2.17. The van der Waals surface area contributed by atoms with E-state index in [2.05, 4.69) is 10.4 Å². The van der Waals surface area contributed by atoms with Crippen molar-refractivity contribution < 1.29 is 14.3 Å². The second-order valence-electron chi connectivity index (χ2n) is 5.13. The minimum absolute atomic E-state index is 0.00910. The fraction of sp³-hybridized carbons (Fsp3) is 0.294. The highest BCUT2D eigenvalue weighted by Crippen LogP contribution is 2.17. The van der Waals surface area contributed by atoms with Gasteiger partial charge in [-0.2, -0.15) is 5.10 Å². The molecule has 1 amide bonds. The molecule has 1 heterocycles. The van der Waals surface area contributed by atoms with Crippen LogP contribution in [0.2, 0.25) is 0 Å². The van der Waals surface area contributed by atoms with Crippen LogP contribution in [-0.2, 0) is 16.1 Å². The Bertz CT molecular complexity index is 802. The summed E-state index contributed by atoms with van der Waals surface area (Å²) in [5.41, 5.74) is 0.323. The predicted molar refractivity (Wildman–Crippen MR) is 95.9 cm³/mol. The van der Waals surface area contributed by atoms with Crippen molar-refractivity contribution >= 4 is 29.3 Å². The summed E-state index contributed by atoms with van der Waals surface area (Å²) < 4.78 is 6.15. The average molecular weight is 361 g/mol. The van der Waals surface area contributed by atoms with Gasteiger partial charge < -0.3 is 10.1 Å². The molecule has 0 saturated carbocycles. The monoisotopic (exact) mass is 361 g/mol. The summed E-state index contributed by atoms with van der Waals surface area (Å²) in [5.74, 6) is -1.20. The third-order valence-electron chi connectivity index (χ3n) is 3.22. The van der Waals surface area contributed by atoms with Gasteiger partial charge in [-0.3, -0.25) is 9.59 Å². The molecule has 0 aliphatic heterocycles. The molecule has 7 nitrogen and oxygen atoms in total. The van der Waals surface area contributed by atoms with Gasteiger partial charge in [0.15, 0.2) is 12.3 Å². The van der Waals surface area contributed by atoms with Crippen LogP contribution >= 0.6 is 11.8 Å². The number of ether oxygens (including phenoxy) is 1. The number of carbonyl (C=O) groups is 2. The smallest absolute Gasteiger partial charge is 0.359 e. The zero-order valence-corrected chi connectivity index (χ0v) is 14.8. The molecule has 0 aliphatic rings. The Balaban J connectivity index is 1.91. The lowest BCUT2D eigenvalue weighted by Gasteiger charge is -2.08. The third kappa shape index (κ3) is 5.46. The second kappa shape index (κ2) is 9.03. The molecule has 0 radical (unpaired) electrons. The summed E-state index contributed by atoms with van der Waals surface area (Å²) in [6, 6.07) is 9.85. The van der Waals surface area contributed by atoms with E-state index in [1.54, 1.807) is 23.9 Å². The molecule has 2 rings (SSSR count). The van der Waals surface area contributed by atoms with E-state index in [1.807, 2.05) is 25.3 Å². The number of nitrogens with one attached hydrogen (secondary N) is 1. The van der Waals surface area contributed by atoms with Crippen LogP contribution in [0.3, 0.4) is 0 Å². The van der Waals surface area contributed by atoms with Gasteiger partial charge in [0.25, 0.3) is 11.5 Å². The van der Waals surface area contributed by atoms with Crippen molar-refractivity contribution in [3.63, 3.8) is 0 Å². The van der Waals surface area contributed by atoms with Crippen molar-refractivity contribution in [1.82, 2.24) is 9.78 Å². The first-order valence-corrected chi connectivity index (χ1v) is 8.95. The number of carbonyl (C=O) groups excluding carboxylic acids is 2. The molecule has 1 aromatic heterocycles. The summed E-state index contributed by atoms with van der Waals surface area (Å²) in [5, 5.41) is 6.58. The summed E-state index contributed by atoms with van der Waals surface area (Å²) in [6.07, 6.45) is 2.67. The quantitative estimate of drug-likeness (QED) is 0.600. The first-order chi connectivity index (χ1) is 12.0. The molecule has 0 unspecified atom stereocenters. The lowest BCUT2D eigenvalue weighted by Crippen LogP contribution is -2.26. The Kier molecular flexibility index (Phi) is 6.76. The Labute approximate surface area is 149 Å². The maximum absolute atomic E-state index is 12.0. The van der Waals surface area contributed by atoms with Gasteiger partial charge in [0.05, 0.1) is 0 Å². The number of amides is 1. The molecule has 8 heteroatoms. The fourth-order valence-electron chi connectivity index (χ4n) is 2.01. The number of rotatable bonds is 7. The second-order valence-corrected chi connectivity index (χ2v) is 6.01. The van der Waals surface area contributed by atoms with Crippen LogP contribution in [0.4, 0.5) is 5.69 Å². The number of benzene rings is 1. The van der Waals surface area contributed by atoms with E-state index in [4.69, 9.17) is 4.74 Å². The Hall–Kier alpha value is -2.61. The highest BCUT2D eigenvalue weighted by molar-refractivity contribution is 7.98. The number of esters is 1. The molecule has 0 spiro atoms. The van der Waals surface area contributed by atoms with Crippen LogP contribution in [0.5, 0.6) is 0 Å². The highest BCUT2D eigenvalue weighted by Gasteiger charge is 2.13. The molecule has 25 heavy (non-hydrogen) atoms. The van der Waals surface area contributed by atoms with Crippen LogP contribution in [0.15, 0.2) is 46.1 Å². The average Bonchev–Trinajstić information content (AvgIpc) is 2.62. The number of aryl methyl sites for hydroxylation is 1. The van der Waals surface area contributed by atoms with Crippen LogP contribution in [0.1, 0.15) is 23.8 Å². The SMILES string of the molecule is CCCn1nc(C(=O)OCC(=O)Nc2ccc(SC)cc2)ccc1=O. The summed E-state index contributed by atoms with van der Waals surface area (Å²) in [7, 11) is 0. The lowest BCUT2D eigenvalue weighted by atomic mass is 10.3. The van der Waals surface area contributed by atoms with Crippen LogP contribution in [0.25, 0.3) is 0 Å². The van der Waals surface area contributed by atoms with Crippen LogP contribution in [0, 0.1) is 0 Å². The van der Waals surface area contributed by atoms with Gasteiger partial charge in [0.1, 0.15) is 0 Å². The van der Waals surface area contributed by atoms with Crippen molar-refractivity contribution in [3.8, 4) is 0 Å². The van der Waals surface area contributed by atoms with E-state index in [-0.39, 0.29) is 11.3 Å². The van der Waals surface area contributed by atoms with Crippen LogP contribution < -0.4 is 10.9 Å². The van der Waals surface area contributed by atoms with Gasteiger partial charge in [-0.15, -0.1) is 11.8 Å². The first kappa shape index (κ1) is 18.7. The number of aromatic nitrogens is 2. The number of thioether (sulfide) groups is 1. The van der Waals surface area contributed by atoms with Crippen molar-refractivity contribution in [3.05, 3.63) is 52.4 Å². The van der Waals surface area contributed by atoms with Crippen molar-refractivity contribution in [1.29, 1.82) is 0 Å². The van der Waals surface area contributed by atoms with Crippen molar-refractivity contribution in [2.45, 2.75) is 24.8 Å². The summed E-state index contributed by atoms with van der Waals surface area (Å²) in [4.78, 5) is 36.5. The third-order valence-corrected chi connectivity index (χ3v) is 3.96. The zero-order valence-electron chi connectivity index (χ0n) is 14.0. The van der Waals surface area contributed by atoms with Gasteiger partial charge in [0, 0.05) is 23.2 Å². The van der Waals surface area contributed by atoms with E-state index < -0.39 is 18.5 Å². The molecule has 1 N–H and O–H groups in total. The fourth-order valence-corrected chi connectivity index (χ4v) is 2.41. The lowest BCUT2D eigenvalue weighted by molar-refractivity contribution is -0.119. The molecule has 132 valence electrons. The Morgan fingerprint density at radius 3 is 2.56 bits per heavy atom. The van der Waals surface area contributed by atoms with E-state index in [0.29, 0.717) is 18.7 Å². The van der Waals surface area contributed by atoms with Crippen LogP contribution in [-0.4, -0.2) is 34.5 Å². The normalized spacial score (nSPS) is 10.3. The maximum atomic E-state index is 12.0. The first-order valence-electron chi connectivity index (χ1n) is 7.72. The molecule has 1 aromatic carbocycles. The molecule has 0 saturated heterocycles. The molecule has 0 bridgehead atoms. The van der Waals surface area contributed by atoms with Gasteiger partial charge in [-0.25, -0.2) is 9.48 Å². The molecular formula is C17H19N3O4S. The van der Waals surface area contributed by atoms with Gasteiger partial charge in [-0.05, 0) is 43.0 Å². The van der Waals surface area contributed by atoms with E-state index in [1.165, 1.54) is 16.8 Å². The summed E-state index contributed by atoms with van der Waals surface area (Å²) in [6.45, 7) is 1.87. The molecule has 2 aromatic rings. The molecule has 0 fully saturated rings. The Morgan fingerprint density at radius 2 is 1.92 bits per heavy atom. The van der Waals surface area contributed by atoms with Gasteiger partial charge in [-0.1, -0.05) is 6.92 Å². The van der Waals surface area contributed by atoms with Crippen molar-refractivity contribution in [2.24, 2.45) is 0 Å². The topological polar surface area (TPSA) is 90.3 Å². The number of hydrogen-bond donors (Lipinski definition) is 1. The zero-order chi connectivity index (χ0) is 18.2. The summed E-state index contributed by atoms with van der Waals surface area (Å²) >= 11 is 1.60. The number of anilines is 1. The molecule has 0 aliphatic carbocycles. The number of nitrogens with zero attached hydrogens (tertiary/aromatic N) is 2. The number of hydrogen-bond acceptors (Lipinski definition) is 6. The van der Waals surface area contributed by atoms with Crippen molar-refractivity contribution in [2.75, 3.05) is 18.2 Å². The van der Waals surface area contributed by atoms with E-state index in [9.17, 15) is 14.4 Å². The maximum Gasteiger partial charge on any atom is 0.359 e. The van der Waals surface area contributed by atoms with Gasteiger partial charge >= 0.3 is 5.97 Å². The minimum atomic E-state index is -0.752. The van der Waals surface area contributed by atoms with E-state index in [0.717, 1.165) is 4.90 Å². The standard InChI is InChI=1S/C17H19N3O4S/c1-3-10-20-16(22)9-8-14(19-20)17(23)24-11-15(21)18-12-4-6-13(25-2)7-5-12/h4-9H,3,10-11H2,1-2H3,(H,18,21).